The number of rotatable bonds is 5. The summed E-state index contributed by atoms with van der Waals surface area (Å²) < 4.78 is 6.31. The van der Waals surface area contributed by atoms with Crippen LogP contribution in [0.25, 0.3) is 0 Å². The molecule has 0 aliphatic carbocycles. The van der Waals surface area contributed by atoms with E-state index in [0.717, 1.165) is 5.56 Å². The van der Waals surface area contributed by atoms with E-state index in [0.29, 0.717) is 16.5 Å². The zero-order valence-electron chi connectivity index (χ0n) is 14.0. The lowest BCUT2D eigenvalue weighted by Crippen LogP contribution is -2.26. The normalized spacial score (nSPS) is 10.4. The van der Waals surface area contributed by atoms with Crippen LogP contribution in [0.1, 0.15) is 16.1 Å². The van der Waals surface area contributed by atoms with Crippen molar-refractivity contribution in [2.45, 2.75) is 6.54 Å². The fourth-order valence-electron chi connectivity index (χ4n) is 2.36. The van der Waals surface area contributed by atoms with Gasteiger partial charge >= 0.3 is 0 Å². The van der Waals surface area contributed by atoms with Crippen molar-refractivity contribution in [3.05, 3.63) is 87.3 Å². The number of carbonyl (C=O) groups excluding carboxylic acids is 1. The van der Waals surface area contributed by atoms with Crippen LogP contribution < -0.4 is 15.6 Å². The molecule has 7 heteroatoms. The Kier molecular flexibility index (Phi) is 5.34. The van der Waals surface area contributed by atoms with Gasteiger partial charge in [0.1, 0.15) is 11.4 Å². The summed E-state index contributed by atoms with van der Waals surface area (Å²) in [6.45, 7) is 0.225. The van der Waals surface area contributed by atoms with Crippen molar-refractivity contribution in [1.29, 1.82) is 0 Å². The first kappa shape index (κ1) is 17.7. The molecule has 26 heavy (non-hydrogen) atoms. The van der Waals surface area contributed by atoms with Gasteiger partial charge in [-0.3, -0.25) is 9.59 Å². The van der Waals surface area contributed by atoms with Crippen LogP contribution in [-0.2, 0) is 6.54 Å². The molecule has 3 rings (SSSR count). The van der Waals surface area contributed by atoms with Crippen molar-refractivity contribution in [2.75, 3.05) is 12.4 Å². The largest absolute Gasteiger partial charge is 0.497 e. The number of methoxy groups -OCH3 is 1. The summed E-state index contributed by atoms with van der Waals surface area (Å²) in [6.07, 6.45) is 0. The molecule has 1 amide bonds. The maximum Gasteiger partial charge on any atom is 0.276 e. The Balaban J connectivity index is 1.79. The minimum absolute atomic E-state index is 0.141. The summed E-state index contributed by atoms with van der Waals surface area (Å²) in [5, 5.41) is 7.46. The molecule has 132 valence electrons. The molecule has 0 atom stereocenters. The fourth-order valence-corrected chi connectivity index (χ4v) is 2.57. The van der Waals surface area contributed by atoms with Crippen molar-refractivity contribution in [3.63, 3.8) is 0 Å². The second-order valence-corrected chi connectivity index (χ2v) is 5.96. The first-order valence-corrected chi connectivity index (χ1v) is 8.21. The maximum absolute atomic E-state index is 12.4. The predicted octanol–water partition coefficient (Wildman–Crippen LogP) is 3.21. The monoisotopic (exact) mass is 369 g/mol. The van der Waals surface area contributed by atoms with Gasteiger partial charge in [0.25, 0.3) is 11.5 Å². The highest BCUT2D eigenvalue weighted by Crippen LogP contribution is 2.15. The molecule has 3 aromatic rings. The van der Waals surface area contributed by atoms with Gasteiger partial charge in [0.15, 0.2) is 0 Å². The molecule has 0 unspecified atom stereocenters. The zero-order chi connectivity index (χ0) is 18.5. The smallest absolute Gasteiger partial charge is 0.276 e. The van der Waals surface area contributed by atoms with E-state index >= 15 is 0 Å². The lowest BCUT2D eigenvalue weighted by Gasteiger charge is -2.09. The predicted molar refractivity (Wildman–Crippen MR) is 100.0 cm³/mol. The first-order chi connectivity index (χ1) is 12.5. The number of anilines is 1. The van der Waals surface area contributed by atoms with E-state index in [1.165, 1.54) is 16.8 Å². The van der Waals surface area contributed by atoms with Crippen LogP contribution in [0.3, 0.4) is 0 Å². The molecule has 0 fully saturated rings. The number of nitrogens with zero attached hydrogens (tertiary/aromatic N) is 2. The first-order valence-electron chi connectivity index (χ1n) is 7.83. The maximum atomic E-state index is 12.4. The van der Waals surface area contributed by atoms with E-state index < -0.39 is 5.91 Å². The summed E-state index contributed by atoms with van der Waals surface area (Å²) in [7, 11) is 1.57. The number of amides is 1. The number of hydrogen-bond donors (Lipinski definition) is 1. The number of aromatic nitrogens is 2. The third kappa shape index (κ3) is 4.29. The van der Waals surface area contributed by atoms with Crippen LogP contribution in [0.4, 0.5) is 5.69 Å². The van der Waals surface area contributed by atoms with Crippen LogP contribution in [0.2, 0.25) is 5.02 Å². The molecule has 0 saturated heterocycles. The molecule has 0 aliphatic heterocycles. The van der Waals surface area contributed by atoms with E-state index in [-0.39, 0.29) is 17.8 Å². The molecule has 1 heterocycles. The standard InChI is InChI=1S/C19H16ClN3O3/c1-26-16-7-5-15(6-8-16)21-19(25)17-9-10-18(24)23(22-17)12-13-3-2-4-14(20)11-13/h2-11H,12H2,1H3,(H,21,25). The highest BCUT2D eigenvalue weighted by Gasteiger charge is 2.11. The Morgan fingerprint density at radius 2 is 1.92 bits per heavy atom. The Morgan fingerprint density at radius 3 is 2.62 bits per heavy atom. The number of hydrogen-bond acceptors (Lipinski definition) is 4. The minimum atomic E-state index is -0.407. The number of benzene rings is 2. The van der Waals surface area contributed by atoms with E-state index in [1.54, 1.807) is 49.6 Å². The molecule has 0 spiro atoms. The lowest BCUT2D eigenvalue weighted by atomic mass is 10.2. The second-order valence-electron chi connectivity index (χ2n) is 5.53. The second kappa shape index (κ2) is 7.84. The number of halogens is 1. The minimum Gasteiger partial charge on any atom is -0.497 e. The molecule has 0 saturated carbocycles. The highest BCUT2D eigenvalue weighted by molar-refractivity contribution is 6.30. The van der Waals surface area contributed by atoms with Gasteiger partial charge in [-0.2, -0.15) is 5.10 Å². The zero-order valence-corrected chi connectivity index (χ0v) is 14.7. The van der Waals surface area contributed by atoms with Crippen LogP contribution >= 0.6 is 11.6 Å². The summed E-state index contributed by atoms with van der Waals surface area (Å²) in [5.74, 6) is 0.284. The Bertz CT molecular complexity index is 984. The van der Waals surface area contributed by atoms with E-state index in [1.807, 2.05) is 6.07 Å². The molecule has 2 aromatic carbocycles. The number of carbonyl (C=O) groups is 1. The summed E-state index contributed by atoms with van der Waals surface area (Å²) in [5.41, 5.74) is 1.26. The molecule has 6 nitrogen and oxygen atoms in total. The SMILES string of the molecule is COc1ccc(NC(=O)c2ccc(=O)n(Cc3cccc(Cl)c3)n2)cc1. The molecule has 1 aromatic heterocycles. The Morgan fingerprint density at radius 1 is 1.15 bits per heavy atom. The average molecular weight is 370 g/mol. The van der Waals surface area contributed by atoms with Crippen LogP contribution in [-0.4, -0.2) is 22.8 Å². The number of nitrogens with one attached hydrogen (secondary N) is 1. The van der Waals surface area contributed by atoms with Crippen molar-refractivity contribution < 1.29 is 9.53 Å². The topological polar surface area (TPSA) is 73.2 Å². The van der Waals surface area contributed by atoms with Gasteiger partial charge in [0.05, 0.1) is 13.7 Å². The molecular weight excluding hydrogens is 354 g/mol. The molecule has 0 bridgehead atoms. The summed E-state index contributed by atoms with van der Waals surface area (Å²) in [6, 6.07) is 16.8. The lowest BCUT2D eigenvalue weighted by molar-refractivity contribution is 0.102. The van der Waals surface area contributed by atoms with Gasteiger partial charge in [-0.05, 0) is 48.0 Å². The van der Waals surface area contributed by atoms with Gasteiger partial charge in [0.2, 0.25) is 0 Å². The quantitative estimate of drug-likeness (QED) is 0.749. The van der Waals surface area contributed by atoms with Crippen molar-refractivity contribution in [2.24, 2.45) is 0 Å². The van der Waals surface area contributed by atoms with Crippen LogP contribution in [0.15, 0.2) is 65.5 Å². The average Bonchev–Trinajstić information content (AvgIpc) is 2.64. The number of ether oxygens (including phenoxy) is 1. The Labute approximate surface area is 155 Å². The molecule has 1 N–H and O–H groups in total. The van der Waals surface area contributed by atoms with Gasteiger partial charge in [-0.25, -0.2) is 4.68 Å². The van der Waals surface area contributed by atoms with Gasteiger partial charge in [0, 0.05) is 16.8 Å². The molecular formula is C19H16ClN3O3. The van der Waals surface area contributed by atoms with Crippen molar-refractivity contribution in [1.82, 2.24) is 9.78 Å². The van der Waals surface area contributed by atoms with Crippen molar-refractivity contribution in [3.8, 4) is 5.75 Å². The molecule has 0 radical (unpaired) electrons. The summed E-state index contributed by atoms with van der Waals surface area (Å²) in [4.78, 5) is 24.4. The fraction of sp³-hybridized carbons (Fsp3) is 0.105. The van der Waals surface area contributed by atoms with Crippen LogP contribution in [0.5, 0.6) is 5.75 Å². The third-order valence-corrected chi connectivity index (χ3v) is 3.90. The third-order valence-electron chi connectivity index (χ3n) is 3.67. The highest BCUT2D eigenvalue weighted by atomic mass is 35.5. The Hall–Kier alpha value is -3.12. The summed E-state index contributed by atoms with van der Waals surface area (Å²) >= 11 is 5.96. The van der Waals surface area contributed by atoms with Gasteiger partial charge in [-0.1, -0.05) is 23.7 Å². The van der Waals surface area contributed by atoms with Crippen LogP contribution in [0, 0.1) is 0 Å². The van der Waals surface area contributed by atoms with E-state index in [2.05, 4.69) is 10.4 Å². The van der Waals surface area contributed by atoms with Crippen molar-refractivity contribution >= 4 is 23.2 Å². The van der Waals surface area contributed by atoms with Gasteiger partial charge < -0.3 is 10.1 Å². The molecule has 0 aliphatic rings. The van der Waals surface area contributed by atoms with Gasteiger partial charge in [-0.15, -0.1) is 0 Å². The van der Waals surface area contributed by atoms with E-state index in [9.17, 15) is 9.59 Å². The van der Waals surface area contributed by atoms with E-state index in [4.69, 9.17) is 16.3 Å².